The maximum Gasteiger partial charge on any atom is 0.266 e. The molecule has 0 atom stereocenters. The first-order chi connectivity index (χ1) is 9.60. The minimum absolute atomic E-state index is 0.0202. The number of nitrogens with zero attached hydrogens (tertiary/aromatic N) is 1. The number of hydrogen-bond acceptors (Lipinski definition) is 4. The molecule has 1 amide bonds. The number of aromatic nitrogens is 1. The van der Waals surface area contributed by atoms with Crippen molar-refractivity contribution in [2.75, 3.05) is 26.3 Å². The molecule has 3 rings (SSSR count). The predicted molar refractivity (Wildman–Crippen MR) is 71.8 cm³/mol. The van der Waals surface area contributed by atoms with Gasteiger partial charge in [-0.05, 0) is 6.07 Å². The molecular formula is C13H15ClN2O4. The van der Waals surface area contributed by atoms with Crippen molar-refractivity contribution in [3.05, 3.63) is 33.2 Å². The van der Waals surface area contributed by atoms with Gasteiger partial charge in [0.05, 0.1) is 18.8 Å². The monoisotopic (exact) mass is 298 g/mol. The molecule has 1 aromatic rings. The van der Waals surface area contributed by atoms with E-state index in [1.807, 2.05) is 0 Å². The standard InChI is InChI=1S/C13H15ClN2O4/c14-10-7-9(8-15-11(10)17)12(18)16-3-1-13(2-4-16)19-5-6-20-13/h7-8H,1-6H2,(H,15,17). The van der Waals surface area contributed by atoms with Gasteiger partial charge in [-0.2, -0.15) is 0 Å². The van der Waals surface area contributed by atoms with Gasteiger partial charge in [-0.1, -0.05) is 11.6 Å². The summed E-state index contributed by atoms with van der Waals surface area (Å²) >= 11 is 5.74. The number of rotatable bonds is 1. The van der Waals surface area contributed by atoms with E-state index in [2.05, 4.69) is 4.98 Å². The van der Waals surface area contributed by atoms with E-state index in [4.69, 9.17) is 21.1 Å². The molecule has 2 aliphatic rings. The molecule has 7 heteroatoms. The fraction of sp³-hybridized carbons (Fsp3) is 0.538. The van der Waals surface area contributed by atoms with Crippen LogP contribution in [0.5, 0.6) is 0 Å². The molecule has 0 radical (unpaired) electrons. The average molecular weight is 299 g/mol. The summed E-state index contributed by atoms with van der Waals surface area (Å²) in [6.07, 6.45) is 2.72. The van der Waals surface area contributed by atoms with Gasteiger partial charge in [-0.25, -0.2) is 0 Å². The Bertz CT molecular complexity index is 570. The molecule has 1 N–H and O–H groups in total. The van der Waals surface area contributed by atoms with Gasteiger partial charge in [-0.3, -0.25) is 9.59 Å². The SMILES string of the molecule is O=C(c1c[nH]c(=O)c(Cl)c1)N1CCC2(CC1)OCCO2. The number of carbonyl (C=O) groups is 1. The first kappa shape index (κ1) is 13.6. The summed E-state index contributed by atoms with van der Waals surface area (Å²) in [4.78, 5) is 27.7. The highest BCUT2D eigenvalue weighted by molar-refractivity contribution is 6.30. The van der Waals surface area contributed by atoms with Crippen LogP contribution in [0.1, 0.15) is 23.2 Å². The van der Waals surface area contributed by atoms with Gasteiger partial charge in [-0.15, -0.1) is 0 Å². The molecule has 108 valence electrons. The van der Waals surface area contributed by atoms with E-state index < -0.39 is 11.3 Å². The average Bonchev–Trinajstić information content (AvgIpc) is 2.90. The van der Waals surface area contributed by atoms with E-state index in [0.717, 1.165) is 0 Å². The number of pyridine rings is 1. The van der Waals surface area contributed by atoms with Crippen LogP contribution in [0.15, 0.2) is 17.1 Å². The lowest BCUT2D eigenvalue weighted by molar-refractivity contribution is -0.181. The number of piperidine rings is 1. The van der Waals surface area contributed by atoms with E-state index in [1.165, 1.54) is 12.3 Å². The molecule has 0 unspecified atom stereocenters. The first-order valence-corrected chi connectivity index (χ1v) is 6.93. The lowest BCUT2D eigenvalue weighted by atomic mass is 10.0. The highest BCUT2D eigenvalue weighted by Crippen LogP contribution is 2.31. The third kappa shape index (κ3) is 2.46. The van der Waals surface area contributed by atoms with Crippen molar-refractivity contribution in [1.82, 2.24) is 9.88 Å². The van der Waals surface area contributed by atoms with Crippen molar-refractivity contribution in [3.63, 3.8) is 0 Å². The van der Waals surface area contributed by atoms with Gasteiger partial charge in [0.25, 0.3) is 11.5 Å². The highest BCUT2D eigenvalue weighted by Gasteiger charge is 2.40. The Labute approximate surface area is 120 Å². The number of H-pyrrole nitrogens is 1. The predicted octanol–water partition coefficient (Wildman–Crippen LogP) is 1.01. The van der Waals surface area contributed by atoms with Crippen LogP contribution in [0.4, 0.5) is 0 Å². The number of ether oxygens (including phenoxy) is 2. The van der Waals surface area contributed by atoms with Gasteiger partial charge >= 0.3 is 0 Å². The van der Waals surface area contributed by atoms with E-state index >= 15 is 0 Å². The Balaban J connectivity index is 1.69. The second-order valence-electron chi connectivity index (χ2n) is 4.97. The first-order valence-electron chi connectivity index (χ1n) is 6.55. The van der Waals surface area contributed by atoms with Gasteiger partial charge in [0, 0.05) is 32.1 Å². The van der Waals surface area contributed by atoms with Crippen LogP contribution in [-0.2, 0) is 9.47 Å². The van der Waals surface area contributed by atoms with E-state index in [9.17, 15) is 9.59 Å². The van der Waals surface area contributed by atoms with Gasteiger partial charge in [0.15, 0.2) is 5.79 Å². The zero-order valence-corrected chi connectivity index (χ0v) is 11.6. The quantitative estimate of drug-likeness (QED) is 0.840. The fourth-order valence-electron chi connectivity index (χ4n) is 2.60. The van der Waals surface area contributed by atoms with Gasteiger partial charge in [0.2, 0.25) is 0 Å². The van der Waals surface area contributed by atoms with Gasteiger partial charge in [0.1, 0.15) is 5.02 Å². The van der Waals surface area contributed by atoms with Crippen molar-refractivity contribution in [3.8, 4) is 0 Å². The highest BCUT2D eigenvalue weighted by atomic mass is 35.5. The second-order valence-corrected chi connectivity index (χ2v) is 5.37. The van der Waals surface area contributed by atoms with Crippen molar-refractivity contribution in [2.24, 2.45) is 0 Å². The molecule has 3 heterocycles. The molecule has 0 bridgehead atoms. The zero-order chi connectivity index (χ0) is 14.2. The summed E-state index contributed by atoms with van der Waals surface area (Å²) in [7, 11) is 0. The van der Waals surface area contributed by atoms with Crippen LogP contribution in [0, 0.1) is 0 Å². The number of carbonyl (C=O) groups excluding carboxylic acids is 1. The molecule has 0 aliphatic carbocycles. The summed E-state index contributed by atoms with van der Waals surface area (Å²) in [5, 5.41) is 0.0202. The molecule has 2 aliphatic heterocycles. The molecule has 1 aromatic heterocycles. The third-order valence-corrected chi connectivity index (χ3v) is 4.01. The smallest absolute Gasteiger partial charge is 0.266 e. The molecule has 2 fully saturated rings. The number of aromatic amines is 1. The van der Waals surface area contributed by atoms with E-state index in [1.54, 1.807) is 4.90 Å². The second kappa shape index (κ2) is 5.20. The Hall–Kier alpha value is -1.37. The summed E-state index contributed by atoms with van der Waals surface area (Å²) in [6, 6.07) is 1.40. The zero-order valence-electron chi connectivity index (χ0n) is 10.9. The van der Waals surface area contributed by atoms with Crippen LogP contribution < -0.4 is 5.56 Å². The van der Waals surface area contributed by atoms with Crippen LogP contribution in [0.2, 0.25) is 5.02 Å². The molecule has 20 heavy (non-hydrogen) atoms. The molecule has 6 nitrogen and oxygen atoms in total. The number of nitrogens with one attached hydrogen (secondary N) is 1. The van der Waals surface area contributed by atoms with E-state index in [0.29, 0.717) is 44.7 Å². The fourth-order valence-corrected chi connectivity index (χ4v) is 2.77. The molecule has 2 saturated heterocycles. The van der Waals surface area contributed by atoms with Crippen molar-refractivity contribution < 1.29 is 14.3 Å². The van der Waals surface area contributed by atoms with Crippen LogP contribution >= 0.6 is 11.6 Å². The number of halogens is 1. The number of hydrogen-bond donors (Lipinski definition) is 1. The van der Waals surface area contributed by atoms with Crippen LogP contribution in [-0.4, -0.2) is 47.9 Å². The minimum atomic E-state index is -0.501. The molecular weight excluding hydrogens is 284 g/mol. The summed E-state index contributed by atoms with van der Waals surface area (Å²) in [5.41, 5.74) is -0.00706. The lowest BCUT2D eigenvalue weighted by Gasteiger charge is -2.37. The number of amides is 1. The largest absolute Gasteiger partial charge is 0.347 e. The molecule has 0 saturated carbocycles. The summed E-state index contributed by atoms with van der Waals surface area (Å²) < 4.78 is 11.2. The van der Waals surface area contributed by atoms with E-state index in [-0.39, 0.29) is 10.9 Å². The Morgan fingerprint density at radius 3 is 2.55 bits per heavy atom. The van der Waals surface area contributed by atoms with Crippen LogP contribution in [0.25, 0.3) is 0 Å². The van der Waals surface area contributed by atoms with Crippen molar-refractivity contribution in [1.29, 1.82) is 0 Å². The molecule has 1 spiro atoms. The lowest BCUT2D eigenvalue weighted by Crippen LogP contribution is -2.47. The van der Waals surface area contributed by atoms with Crippen molar-refractivity contribution >= 4 is 17.5 Å². The topological polar surface area (TPSA) is 71.6 Å². The maximum absolute atomic E-state index is 12.3. The Morgan fingerprint density at radius 2 is 1.95 bits per heavy atom. The third-order valence-electron chi connectivity index (χ3n) is 3.73. The Kier molecular flexibility index (Phi) is 3.54. The van der Waals surface area contributed by atoms with Crippen LogP contribution in [0.3, 0.4) is 0 Å². The molecule has 0 aromatic carbocycles. The number of likely N-dealkylation sites (tertiary alicyclic amines) is 1. The normalized spacial score (nSPS) is 21.4. The van der Waals surface area contributed by atoms with Gasteiger partial charge < -0.3 is 19.4 Å². The van der Waals surface area contributed by atoms with Crippen molar-refractivity contribution in [2.45, 2.75) is 18.6 Å². The summed E-state index contributed by atoms with van der Waals surface area (Å²) in [6.45, 7) is 2.36. The minimum Gasteiger partial charge on any atom is -0.347 e. The summed E-state index contributed by atoms with van der Waals surface area (Å²) in [5.74, 6) is -0.643. The maximum atomic E-state index is 12.3. The Morgan fingerprint density at radius 1 is 1.30 bits per heavy atom.